The quantitative estimate of drug-likeness (QED) is 0.838. The first kappa shape index (κ1) is 14.3. The van der Waals surface area contributed by atoms with Crippen LogP contribution in [0.15, 0.2) is 10.7 Å². The summed E-state index contributed by atoms with van der Waals surface area (Å²) in [6, 6.07) is 1.30. The highest BCUT2D eigenvalue weighted by atomic mass is 79.9. The van der Waals surface area contributed by atoms with Crippen molar-refractivity contribution in [1.82, 2.24) is 15.1 Å². The fourth-order valence-corrected chi connectivity index (χ4v) is 4.24. The highest BCUT2D eigenvalue weighted by Crippen LogP contribution is 2.33. The molecule has 2 aliphatic heterocycles. The Bertz CT molecular complexity index is 487. The number of piperidine rings is 1. The van der Waals surface area contributed by atoms with Crippen molar-refractivity contribution in [3.8, 4) is 0 Å². The predicted molar refractivity (Wildman–Crippen MR) is 81.8 cm³/mol. The summed E-state index contributed by atoms with van der Waals surface area (Å²) < 4.78 is 2.69. The van der Waals surface area contributed by atoms with Crippen LogP contribution in [-0.2, 0) is 6.54 Å². The van der Waals surface area contributed by atoms with Gasteiger partial charge in [0.05, 0.1) is 10.7 Å². The van der Waals surface area contributed by atoms with Gasteiger partial charge >= 0.3 is 0 Å². The summed E-state index contributed by atoms with van der Waals surface area (Å²) in [7, 11) is 0. The number of Topliss-reactive ketones (excluding diaryl/α,β-unsaturated/α-hetero) is 1. The lowest BCUT2D eigenvalue weighted by Crippen LogP contribution is -2.38. The summed E-state index contributed by atoms with van der Waals surface area (Å²) in [6.45, 7) is 2.92. The minimum Gasteiger partial charge on any atom is -0.311 e. The van der Waals surface area contributed by atoms with Gasteiger partial charge in [-0.05, 0) is 54.0 Å². The van der Waals surface area contributed by atoms with Gasteiger partial charge in [0.1, 0.15) is 5.69 Å². The Morgan fingerprint density at radius 2 is 2.15 bits per heavy atom. The van der Waals surface area contributed by atoms with Gasteiger partial charge in [-0.25, -0.2) is 0 Å². The lowest BCUT2D eigenvalue weighted by Gasteiger charge is -2.28. The molecule has 1 aromatic heterocycles. The van der Waals surface area contributed by atoms with E-state index in [1.165, 1.54) is 12.8 Å². The number of aromatic nitrogens is 2. The van der Waals surface area contributed by atoms with Crippen LogP contribution in [0.1, 0.15) is 55.9 Å². The molecule has 3 heterocycles. The van der Waals surface area contributed by atoms with Crippen LogP contribution < -0.4 is 5.32 Å². The molecule has 0 aliphatic carbocycles. The molecule has 2 atom stereocenters. The number of carbonyl (C=O) groups excluding carboxylic acids is 1. The molecule has 2 aliphatic rings. The molecule has 2 bridgehead atoms. The normalized spacial score (nSPS) is 28.8. The van der Waals surface area contributed by atoms with Gasteiger partial charge in [-0.15, -0.1) is 0 Å². The number of ketones is 1. The van der Waals surface area contributed by atoms with Gasteiger partial charge in [-0.3, -0.25) is 9.48 Å². The van der Waals surface area contributed by atoms with Crippen LogP contribution in [0.25, 0.3) is 0 Å². The summed E-state index contributed by atoms with van der Waals surface area (Å²) in [4.78, 5) is 12.6. The minimum atomic E-state index is 0.245. The van der Waals surface area contributed by atoms with E-state index in [9.17, 15) is 4.79 Å². The molecule has 3 rings (SSSR count). The largest absolute Gasteiger partial charge is 0.311 e. The van der Waals surface area contributed by atoms with Crippen molar-refractivity contribution in [3.63, 3.8) is 0 Å². The molecule has 2 fully saturated rings. The molecule has 20 heavy (non-hydrogen) atoms. The van der Waals surface area contributed by atoms with Gasteiger partial charge in [0.25, 0.3) is 0 Å². The lowest BCUT2D eigenvalue weighted by atomic mass is 9.87. The fraction of sp³-hybridized carbons (Fsp3) is 0.733. The molecule has 0 spiro atoms. The zero-order valence-electron chi connectivity index (χ0n) is 11.9. The Hall–Kier alpha value is -0.680. The molecular formula is C15H22BrN3O. The average Bonchev–Trinajstić information content (AvgIpc) is 2.93. The molecule has 0 radical (unpaired) electrons. The first-order valence-electron chi connectivity index (χ1n) is 7.68. The van der Waals surface area contributed by atoms with Crippen LogP contribution in [0, 0.1) is 5.92 Å². The second-order valence-corrected chi connectivity index (χ2v) is 7.02. The molecule has 0 aromatic carbocycles. The summed E-state index contributed by atoms with van der Waals surface area (Å²) in [5.41, 5.74) is 0.762. The summed E-state index contributed by atoms with van der Waals surface area (Å²) in [6.07, 6.45) is 8.28. The smallest absolute Gasteiger partial charge is 0.182 e. The number of aryl methyl sites for hydroxylation is 1. The van der Waals surface area contributed by atoms with E-state index in [1.807, 2.05) is 4.68 Å². The van der Waals surface area contributed by atoms with Crippen LogP contribution in [0.5, 0.6) is 0 Å². The zero-order valence-corrected chi connectivity index (χ0v) is 13.5. The topological polar surface area (TPSA) is 46.9 Å². The van der Waals surface area contributed by atoms with E-state index in [0.717, 1.165) is 36.0 Å². The number of nitrogens with one attached hydrogen (secondary N) is 1. The Morgan fingerprint density at radius 1 is 1.45 bits per heavy atom. The molecule has 2 unspecified atom stereocenters. The first-order chi connectivity index (χ1) is 9.67. The van der Waals surface area contributed by atoms with E-state index in [2.05, 4.69) is 33.3 Å². The Balaban J connectivity index is 1.68. The molecular weight excluding hydrogens is 318 g/mol. The summed E-state index contributed by atoms with van der Waals surface area (Å²) >= 11 is 3.47. The van der Waals surface area contributed by atoms with Crippen LogP contribution in [-0.4, -0.2) is 27.6 Å². The van der Waals surface area contributed by atoms with Crippen LogP contribution >= 0.6 is 15.9 Å². The monoisotopic (exact) mass is 339 g/mol. The van der Waals surface area contributed by atoms with Crippen molar-refractivity contribution in [3.05, 3.63) is 16.4 Å². The third kappa shape index (κ3) is 2.84. The molecule has 0 saturated carbocycles. The van der Waals surface area contributed by atoms with Gasteiger partial charge in [0, 0.05) is 25.0 Å². The van der Waals surface area contributed by atoms with Crippen molar-refractivity contribution < 1.29 is 4.79 Å². The molecule has 4 nitrogen and oxygen atoms in total. The maximum atomic E-state index is 12.6. The van der Waals surface area contributed by atoms with Gasteiger partial charge in [0.15, 0.2) is 5.78 Å². The highest BCUT2D eigenvalue weighted by Gasteiger charge is 2.34. The molecule has 110 valence electrons. The Kier molecular flexibility index (Phi) is 4.26. The van der Waals surface area contributed by atoms with E-state index in [0.29, 0.717) is 24.4 Å². The maximum absolute atomic E-state index is 12.6. The first-order valence-corrected chi connectivity index (χ1v) is 8.47. The second-order valence-electron chi connectivity index (χ2n) is 6.17. The van der Waals surface area contributed by atoms with Crippen molar-refractivity contribution in [2.45, 2.75) is 64.1 Å². The van der Waals surface area contributed by atoms with Crippen molar-refractivity contribution in [2.75, 3.05) is 0 Å². The summed E-state index contributed by atoms with van der Waals surface area (Å²) in [5, 5.41) is 7.93. The number of carbonyl (C=O) groups is 1. The van der Waals surface area contributed by atoms with Crippen LogP contribution in [0.4, 0.5) is 0 Å². The number of nitrogens with zero attached hydrogens (tertiary/aromatic N) is 2. The Morgan fingerprint density at radius 3 is 2.80 bits per heavy atom. The minimum absolute atomic E-state index is 0.245. The SMILES string of the molecule is CCCn1ncc(Br)c1C(=O)CC1CC2CCC(C1)N2. The lowest BCUT2D eigenvalue weighted by molar-refractivity contribution is 0.0934. The highest BCUT2D eigenvalue weighted by molar-refractivity contribution is 9.10. The summed E-state index contributed by atoms with van der Waals surface area (Å²) in [5.74, 6) is 0.784. The molecule has 1 N–H and O–H groups in total. The van der Waals surface area contributed by atoms with Gasteiger partial charge in [0.2, 0.25) is 0 Å². The third-order valence-electron chi connectivity index (χ3n) is 4.54. The van der Waals surface area contributed by atoms with Crippen molar-refractivity contribution >= 4 is 21.7 Å². The molecule has 0 amide bonds. The average molecular weight is 340 g/mol. The standard InChI is InChI=1S/C15H22BrN3O/c1-2-5-19-15(13(16)9-17-19)14(20)8-10-6-11-3-4-12(7-10)18-11/h9-12,18H,2-8H2,1H3. The van der Waals surface area contributed by atoms with Crippen molar-refractivity contribution in [2.24, 2.45) is 5.92 Å². The van der Waals surface area contributed by atoms with Gasteiger partial charge < -0.3 is 5.32 Å². The van der Waals surface area contributed by atoms with E-state index in [4.69, 9.17) is 0 Å². The van der Waals surface area contributed by atoms with E-state index >= 15 is 0 Å². The predicted octanol–water partition coefficient (Wildman–Crippen LogP) is 3.16. The van der Waals surface area contributed by atoms with E-state index in [-0.39, 0.29) is 5.78 Å². The van der Waals surface area contributed by atoms with E-state index < -0.39 is 0 Å². The Labute approximate surface area is 128 Å². The number of hydrogen-bond donors (Lipinski definition) is 1. The number of fused-ring (bicyclic) bond motifs is 2. The second kappa shape index (κ2) is 5.98. The number of hydrogen-bond acceptors (Lipinski definition) is 3. The number of rotatable bonds is 5. The van der Waals surface area contributed by atoms with Crippen LogP contribution in [0.3, 0.4) is 0 Å². The van der Waals surface area contributed by atoms with E-state index in [1.54, 1.807) is 6.20 Å². The third-order valence-corrected chi connectivity index (χ3v) is 5.12. The van der Waals surface area contributed by atoms with Crippen LogP contribution in [0.2, 0.25) is 0 Å². The number of halogens is 1. The fourth-order valence-electron chi connectivity index (χ4n) is 3.72. The maximum Gasteiger partial charge on any atom is 0.182 e. The molecule has 1 aromatic rings. The van der Waals surface area contributed by atoms with Gasteiger partial charge in [-0.1, -0.05) is 6.92 Å². The van der Waals surface area contributed by atoms with Crippen molar-refractivity contribution in [1.29, 1.82) is 0 Å². The van der Waals surface area contributed by atoms with Gasteiger partial charge in [-0.2, -0.15) is 5.10 Å². The molecule has 5 heteroatoms. The molecule has 2 saturated heterocycles. The zero-order chi connectivity index (χ0) is 14.1.